The number of ether oxygens (including phenoxy) is 2. The molecule has 0 radical (unpaired) electrons. The van der Waals surface area contributed by atoms with Gasteiger partial charge in [0.1, 0.15) is 11.6 Å². The van der Waals surface area contributed by atoms with Gasteiger partial charge in [0.25, 0.3) is 0 Å². The Hall–Kier alpha value is -2.37. The van der Waals surface area contributed by atoms with E-state index in [-0.39, 0.29) is 11.3 Å². The zero-order valence-corrected chi connectivity index (χ0v) is 10.6. The Bertz CT molecular complexity index is 595. The standard InChI is InChI=1S/C13H13FN2O3/c1-3-16-8-10(7-15-16)19-13(17)11-5-4-9(18-2)6-12(11)14/h4-8H,3H2,1-2H3. The minimum absolute atomic E-state index is 0.148. The molecule has 0 aliphatic rings. The highest BCUT2D eigenvalue weighted by molar-refractivity contribution is 5.91. The minimum atomic E-state index is -0.768. The fourth-order valence-corrected chi connectivity index (χ4v) is 1.52. The molecule has 0 spiro atoms. The van der Waals surface area contributed by atoms with Crippen LogP contribution in [0.2, 0.25) is 0 Å². The summed E-state index contributed by atoms with van der Waals surface area (Å²) in [5, 5.41) is 3.96. The highest BCUT2D eigenvalue weighted by Crippen LogP contribution is 2.18. The summed E-state index contributed by atoms with van der Waals surface area (Å²) in [6.45, 7) is 2.57. The van der Waals surface area contributed by atoms with Crippen molar-refractivity contribution in [2.24, 2.45) is 0 Å². The molecule has 0 fully saturated rings. The largest absolute Gasteiger partial charge is 0.497 e. The Labute approximate surface area is 109 Å². The molecule has 0 saturated heterocycles. The fraction of sp³-hybridized carbons (Fsp3) is 0.231. The van der Waals surface area contributed by atoms with Gasteiger partial charge in [-0.05, 0) is 19.1 Å². The van der Waals surface area contributed by atoms with Gasteiger partial charge in [-0.25, -0.2) is 9.18 Å². The van der Waals surface area contributed by atoms with E-state index in [0.29, 0.717) is 12.3 Å². The number of nitrogens with zero attached hydrogens (tertiary/aromatic N) is 2. The van der Waals surface area contributed by atoms with Crippen molar-refractivity contribution in [3.05, 3.63) is 42.0 Å². The van der Waals surface area contributed by atoms with Gasteiger partial charge in [-0.15, -0.1) is 0 Å². The molecule has 1 aromatic heterocycles. The number of rotatable bonds is 4. The van der Waals surface area contributed by atoms with Crippen molar-refractivity contribution >= 4 is 5.97 Å². The van der Waals surface area contributed by atoms with E-state index >= 15 is 0 Å². The molecule has 0 N–H and O–H groups in total. The van der Waals surface area contributed by atoms with E-state index in [1.54, 1.807) is 10.9 Å². The van der Waals surface area contributed by atoms with Crippen molar-refractivity contribution in [2.45, 2.75) is 13.5 Å². The highest BCUT2D eigenvalue weighted by Gasteiger charge is 2.15. The lowest BCUT2D eigenvalue weighted by atomic mass is 10.2. The van der Waals surface area contributed by atoms with Crippen LogP contribution < -0.4 is 9.47 Å². The molecule has 0 saturated carbocycles. The fourth-order valence-electron chi connectivity index (χ4n) is 1.52. The summed E-state index contributed by atoms with van der Waals surface area (Å²) in [6.07, 6.45) is 2.97. The molecular formula is C13H13FN2O3. The number of esters is 1. The van der Waals surface area contributed by atoms with Crippen molar-refractivity contribution in [2.75, 3.05) is 7.11 Å². The summed E-state index contributed by atoms with van der Waals surface area (Å²) < 4.78 is 25.2. The van der Waals surface area contributed by atoms with Crippen LogP contribution in [0.3, 0.4) is 0 Å². The number of aryl methyl sites for hydroxylation is 1. The maximum absolute atomic E-state index is 13.7. The van der Waals surface area contributed by atoms with E-state index in [4.69, 9.17) is 9.47 Å². The first-order chi connectivity index (χ1) is 9.13. The van der Waals surface area contributed by atoms with Crippen molar-refractivity contribution in [3.63, 3.8) is 0 Å². The van der Waals surface area contributed by atoms with E-state index < -0.39 is 11.8 Å². The van der Waals surface area contributed by atoms with Gasteiger partial charge in [0.2, 0.25) is 0 Å². The third-order valence-electron chi connectivity index (χ3n) is 2.54. The Balaban J connectivity index is 2.15. The van der Waals surface area contributed by atoms with E-state index in [1.807, 2.05) is 6.92 Å². The van der Waals surface area contributed by atoms with Gasteiger partial charge in [-0.3, -0.25) is 4.68 Å². The lowest BCUT2D eigenvalue weighted by Crippen LogP contribution is -2.10. The Morgan fingerprint density at radius 2 is 2.21 bits per heavy atom. The predicted molar refractivity (Wildman–Crippen MR) is 65.8 cm³/mol. The van der Waals surface area contributed by atoms with Crippen molar-refractivity contribution in [1.29, 1.82) is 0 Å². The number of benzene rings is 1. The molecule has 0 unspecified atom stereocenters. The Morgan fingerprint density at radius 3 is 2.79 bits per heavy atom. The predicted octanol–water partition coefficient (Wildman–Crippen LogP) is 2.27. The summed E-state index contributed by atoms with van der Waals surface area (Å²) in [5.41, 5.74) is -0.148. The van der Waals surface area contributed by atoms with Gasteiger partial charge in [0.05, 0.1) is 25.1 Å². The first-order valence-corrected chi connectivity index (χ1v) is 5.72. The van der Waals surface area contributed by atoms with Crippen LogP contribution in [0.5, 0.6) is 11.5 Å². The first-order valence-electron chi connectivity index (χ1n) is 5.72. The second-order valence-electron chi connectivity index (χ2n) is 3.77. The number of carbonyl (C=O) groups excluding carboxylic acids is 1. The van der Waals surface area contributed by atoms with Gasteiger partial charge in [0, 0.05) is 12.6 Å². The van der Waals surface area contributed by atoms with E-state index in [2.05, 4.69) is 5.10 Å². The summed E-state index contributed by atoms with van der Waals surface area (Å²) in [6, 6.07) is 3.95. The number of carbonyl (C=O) groups is 1. The van der Waals surface area contributed by atoms with E-state index in [9.17, 15) is 9.18 Å². The lowest BCUT2D eigenvalue weighted by Gasteiger charge is -2.04. The van der Waals surface area contributed by atoms with Crippen LogP contribution in [0, 0.1) is 5.82 Å². The van der Waals surface area contributed by atoms with Crippen molar-refractivity contribution in [1.82, 2.24) is 9.78 Å². The molecule has 6 heteroatoms. The molecule has 19 heavy (non-hydrogen) atoms. The summed E-state index contributed by atoms with van der Waals surface area (Å²) in [4.78, 5) is 11.8. The number of halogens is 1. The minimum Gasteiger partial charge on any atom is -0.497 e. The molecule has 0 atom stereocenters. The van der Waals surface area contributed by atoms with Crippen LogP contribution in [0.25, 0.3) is 0 Å². The second kappa shape index (κ2) is 5.51. The van der Waals surface area contributed by atoms with Crippen LogP contribution in [0.1, 0.15) is 17.3 Å². The van der Waals surface area contributed by atoms with Gasteiger partial charge < -0.3 is 9.47 Å². The average Bonchev–Trinajstić information content (AvgIpc) is 2.86. The van der Waals surface area contributed by atoms with Gasteiger partial charge in [-0.2, -0.15) is 5.10 Å². The number of aromatic nitrogens is 2. The molecule has 1 heterocycles. The van der Waals surface area contributed by atoms with Crippen LogP contribution in [-0.2, 0) is 6.54 Å². The monoisotopic (exact) mass is 264 g/mol. The third-order valence-corrected chi connectivity index (χ3v) is 2.54. The Morgan fingerprint density at radius 1 is 1.42 bits per heavy atom. The molecule has 100 valence electrons. The zero-order chi connectivity index (χ0) is 13.8. The normalized spacial score (nSPS) is 10.3. The smallest absolute Gasteiger partial charge is 0.346 e. The first kappa shape index (κ1) is 13.1. The molecule has 0 aliphatic carbocycles. The van der Waals surface area contributed by atoms with Gasteiger partial charge in [-0.1, -0.05) is 0 Å². The lowest BCUT2D eigenvalue weighted by molar-refractivity contribution is 0.0729. The number of hydrogen-bond acceptors (Lipinski definition) is 4. The van der Waals surface area contributed by atoms with Crippen LogP contribution in [0.4, 0.5) is 4.39 Å². The van der Waals surface area contributed by atoms with Crippen LogP contribution in [0.15, 0.2) is 30.6 Å². The molecule has 0 amide bonds. The second-order valence-corrected chi connectivity index (χ2v) is 3.77. The number of methoxy groups -OCH3 is 1. The molecule has 2 aromatic rings. The summed E-state index contributed by atoms with van der Waals surface area (Å²) >= 11 is 0. The van der Waals surface area contributed by atoms with Crippen LogP contribution >= 0.6 is 0 Å². The van der Waals surface area contributed by atoms with Gasteiger partial charge >= 0.3 is 5.97 Å². The number of hydrogen-bond donors (Lipinski definition) is 0. The maximum Gasteiger partial charge on any atom is 0.346 e. The molecule has 0 bridgehead atoms. The molecule has 1 aromatic carbocycles. The maximum atomic E-state index is 13.7. The molecule has 0 aliphatic heterocycles. The summed E-state index contributed by atoms with van der Waals surface area (Å²) in [5.74, 6) is -0.835. The topological polar surface area (TPSA) is 53.4 Å². The van der Waals surface area contributed by atoms with Crippen molar-refractivity contribution in [3.8, 4) is 11.5 Å². The average molecular weight is 264 g/mol. The third kappa shape index (κ3) is 2.90. The molecule has 5 nitrogen and oxygen atoms in total. The van der Waals surface area contributed by atoms with Crippen LogP contribution in [-0.4, -0.2) is 22.9 Å². The Kier molecular flexibility index (Phi) is 3.79. The SMILES string of the molecule is CCn1cc(OC(=O)c2ccc(OC)cc2F)cn1. The molecular weight excluding hydrogens is 251 g/mol. The quantitative estimate of drug-likeness (QED) is 0.795. The highest BCUT2D eigenvalue weighted by atomic mass is 19.1. The van der Waals surface area contributed by atoms with E-state index in [1.165, 1.54) is 25.4 Å². The van der Waals surface area contributed by atoms with Crippen molar-refractivity contribution < 1.29 is 18.7 Å². The molecule has 2 rings (SSSR count). The van der Waals surface area contributed by atoms with Gasteiger partial charge in [0.15, 0.2) is 5.75 Å². The summed E-state index contributed by atoms with van der Waals surface area (Å²) in [7, 11) is 1.42. The zero-order valence-electron chi connectivity index (χ0n) is 10.6. The van der Waals surface area contributed by atoms with E-state index in [0.717, 1.165) is 6.07 Å².